The summed E-state index contributed by atoms with van der Waals surface area (Å²) in [5.41, 5.74) is 0. The lowest BCUT2D eigenvalue weighted by atomic mass is 9.72. The maximum absolute atomic E-state index is 11.5. The Kier molecular flexibility index (Phi) is 4.59. The van der Waals surface area contributed by atoms with Gasteiger partial charge in [-0.05, 0) is 44.1 Å². The number of rotatable bonds is 4. The normalized spacial score (nSPS) is 33.2. The zero-order valence-corrected chi connectivity index (χ0v) is 10.9. The third-order valence-electron chi connectivity index (χ3n) is 4.37. The SMILES string of the molecule is C=CCN1CCC(C2CC=CCC2)C(C(=O)O)C1. The third kappa shape index (κ3) is 3.02. The predicted octanol–water partition coefficient (Wildman–Crippen LogP) is 2.55. The molecule has 100 valence electrons. The number of likely N-dealkylation sites (tertiary alicyclic amines) is 1. The number of nitrogens with zero attached hydrogens (tertiary/aromatic N) is 1. The van der Waals surface area contributed by atoms with Crippen molar-refractivity contribution in [3.8, 4) is 0 Å². The van der Waals surface area contributed by atoms with E-state index in [9.17, 15) is 9.90 Å². The molecule has 3 heteroatoms. The number of hydrogen-bond donors (Lipinski definition) is 1. The van der Waals surface area contributed by atoms with Crippen LogP contribution in [0.4, 0.5) is 0 Å². The Balaban J connectivity index is 2.02. The molecule has 1 N–H and O–H groups in total. The van der Waals surface area contributed by atoms with Gasteiger partial charge in [-0.3, -0.25) is 9.69 Å². The third-order valence-corrected chi connectivity index (χ3v) is 4.37. The molecule has 2 rings (SSSR count). The Morgan fingerprint density at radius 3 is 2.89 bits per heavy atom. The van der Waals surface area contributed by atoms with Gasteiger partial charge in [-0.15, -0.1) is 6.58 Å². The van der Waals surface area contributed by atoms with Gasteiger partial charge in [-0.2, -0.15) is 0 Å². The molecule has 0 saturated carbocycles. The van der Waals surface area contributed by atoms with Gasteiger partial charge >= 0.3 is 5.97 Å². The van der Waals surface area contributed by atoms with Crippen molar-refractivity contribution in [1.82, 2.24) is 4.90 Å². The maximum atomic E-state index is 11.5. The second-order valence-corrected chi connectivity index (χ2v) is 5.49. The van der Waals surface area contributed by atoms with Crippen LogP contribution in [-0.4, -0.2) is 35.6 Å². The van der Waals surface area contributed by atoms with Gasteiger partial charge in [0, 0.05) is 13.1 Å². The molecule has 0 spiro atoms. The van der Waals surface area contributed by atoms with Gasteiger partial charge in [0.15, 0.2) is 0 Å². The van der Waals surface area contributed by atoms with Crippen molar-refractivity contribution >= 4 is 5.97 Å². The highest BCUT2D eigenvalue weighted by atomic mass is 16.4. The molecule has 1 fully saturated rings. The van der Waals surface area contributed by atoms with Crippen LogP contribution in [0.5, 0.6) is 0 Å². The van der Waals surface area contributed by atoms with Crippen LogP contribution in [0.15, 0.2) is 24.8 Å². The van der Waals surface area contributed by atoms with E-state index in [2.05, 4.69) is 23.6 Å². The summed E-state index contributed by atoms with van der Waals surface area (Å²) in [6.45, 7) is 6.24. The standard InChI is InChI=1S/C15H23NO2/c1-2-9-16-10-8-13(14(11-16)15(17)18)12-6-4-3-5-7-12/h2-4,12-14H,1,5-11H2,(H,17,18). The summed E-state index contributed by atoms with van der Waals surface area (Å²) in [4.78, 5) is 13.7. The summed E-state index contributed by atoms with van der Waals surface area (Å²) in [5, 5.41) is 9.45. The number of piperidine rings is 1. The lowest BCUT2D eigenvalue weighted by Gasteiger charge is -2.40. The number of allylic oxidation sites excluding steroid dienone is 2. The van der Waals surface area contributed by atoms with Gasteiger partial charge in [0.1, 0.15) is 0 Å². The smallest absolute Gasteiger partial charge is 0.308 e. The van der Waals surface area contributed by atoms with Crippen LogP contribution < -0.4 is 0 Å². The quantitative estimate of drug-likeness (QED) is 0.778. The lowest BCUT2D eigenvalue weighted by molar-refractivity contribution is -0.147. The molecule has 1 aliphatic carbocycles. The summed E-state index contributed by atoms with van der Waals surface area (Å²) in [5.74, 6) is 0.106. The van der Waals surface area contributed by atoms with Crippen molar-refractivity contribution in [3.63, 3.8) is 0 Å². The molecule has 3 nitrogen and oxygen atoms in total. The van der Waals surface area contributed by atoms with E-state index >= 15 is 0 Å². The fourth-order valence-corrected chi connectivity index (χ4v) is 3.42. The number of carboxylic acid groups (broad SMARTS) is 1. The molecular formula is C15H23NO2. The largest absolute Gasteiger partial charge is 0.481 e. The fourth-order valence-electron chi connectivity index (χ4n) is 3.42. The van der Waals surface area contributed by atoms with Gasteiger partial charge in [-0.25, -0.2) is 0 Å². The van der Waals surface area contributed by atoms with Crippen LogP contribution >= 0.6 is 0 Å². The predicted molar refractivity (Wildman–Crippen MR) is 72.4 cm³/mol. The minimum atomic E-state index is -0.622. The first-order chi connectivity index (χ1) is 8.72. The average molecular weight is 249 g/mol. The van der Waals surface area contributed by atoms with E-state index < -0.39 is 5.97 Å². The van der Waals surface area contributed by atoms with Crippen LogP contribution in [0.25, 0.3) is 0 Å². The highest BCUT2D eigenvalue weighted by Crippen LogP contribution is 2.36. The van der Waals surface area contributed by atoms with E-state index in [1.807, 2.05) is 6.08 Å². The van der Waals surface area contributed by atoms with Crippen molar-refractivity contribution in [2.24, 2.45) is 17.8 Å². The number of carboxylic acids is 1. The van der Waals surface area contributed by atoms with Crippen molar-refractivity contribution in [3.05, 3.63) is 24.8 Å². The zero-order valence-electron chi connectivity index (χ0n) is 10.9. The van der Waals surface area contributed by atoms with E-state index in [4.69, 9.17) is 0 Å². The number of aliphatic carboxylic acids is 1. The lowest BCUT2D eigenvalue weighted by Crippen LogP contribution is -2.46. The van der Waals surface area contributed by atoms with Crippen molar-refractivity contribution in [2.75, 3.05) is 19.6 Å². The Bertz CT molecular complexity index is 337. The summed E-state index contributed by atoms with van der Waals surface area (Å²) >= 11 is 0. The van der Waals surface area contributed by atoms with E-state index in [0.29, 0.717) is 18.4 Å². The van der Waals surface area contributed by atoms with Crippen LogP contribution in [0.1, 0.15) is 25.7 Å². The Morgan fingerprint density at radius 2 is 2.28 bits per heavy atom. The van der Waals surface area contributed by atoms with Crippen molar-refractivity contribution < 1.29 is 9.90 Å². The molecule has 2 aliphatic rings. The summed E-state index contributed by atoms with van der Waals surface area (Å²) < 4.78 is 0. The van der Waals surface area contributed by atoms with Gasteiger partial charge in [0.25, 0.3) is 0 Å². The average Bonchev–Trinajstić information content (AvgIpc) is 2.40. The molecule has 0 aromatic carbocycles. The molecular weight excluding hydrogens is 226 g/mol. The van der Waals surface area contributed by atoms with Gasteiger partial charge < -0.3 is 5.11 Å². The van der Waals surface area contributed by atoms with Crippen LogP contribution in [-0.2, 0) is 4.79 Å². The summed E-state index contributed by atoms with van der Waals surface area (Å²) in [6.07, 6.45) is 10.7. The van der Waals surface area contributed by atoms with Gasteiger partial charge in [0.2, 0.25) is 0 Å². The molecule has 3 unspecified atom stereocenters. The monoisotopic (exact) mass is 249 g/mol. The summed E-state index contributed by atoms with van der Waals surface area (Å²) in [6, 6.07) is 0. The summed E-state index contributed by atoms with van der Waals surface area (Å²) in [7, 11) is 0. The van der Waals surface area contributed by atoms with E-state index in [0.717, 1.165) is 38.8 Å². The van der Waals surface area contributed by atoms with Crippen molar-refractivity contribution in [2.45, 2.75) is 25.7 Å². The topological polar surface area (TPSA) is 40.5 Å². The molecule has 1 heterocycles. The highest BCUT2D eigenvalue weighted by Gasteiger charge is 2.38. The van der Waals surface area contributed by atoms with Crippen LogP contribution in [0.3, 0.4) is 0 Å². The first-order valence-corrected chi connectivity index (χ1v) is 6.93. The molecule has 1 saturated heterocycles. The van der Waals surface area contributed by atoms with E-state index in [-0.39, 0.29) is 5.92 Å². The minimum absolute atomic E-state index is 0.199. The van der Waals surface area contributed by atoms with Crippen LogP contribution in [0, 0.1) is 17.8 Å². The molecule has 0 aromatic heterocycles. The Hall–Kier alpha value is -1.09. The molecule has 0 aromatic rings. The maximum Gasteiger partial charge on any atom is 0.308 e. The van der Waals surface area contributed by atoms with E-state index in [1.54, 1.807) is 0 Å². The van der Waals surface area contributed by atoms with Crippen LogP contribution in [0.2, 0.25) is 0 Å². The first kappa shape index (κ1) is 13.3. The molecule has 18 heavy (non-hydrogen) atoms. The minimum Gasteiger partial charge on any atom is -0.481 e. The zero-order chi connectivity index (χ0) is 13.0. The van der Waals surface area contributed by atoms with Gasteiger partial charge in [-0.1, -0.05) is 18.2 Å². The molecule has 0 amide bonds. The Morgan fingerprint density at radius 1 is 1.44 bits per heavy atom. The Labute approximate surface area is 109 Å². The molecule has 3 atom stereocenters. The second kappa shape index (κ2) is 6.19. The molecule has 0 bridgehead atoms. The first-order valence-electron chi connectivity index (χ1n) is 6.93. The second-order valence-electron chi connectivity index (χ2n) is 5.49. The number of carbonyl (C=O) groups is 1. The van der Waals surface area contributed by atoms with Gasteiger partial charge in [0.05, 0.1) is 5.92 Å². The molecule has 0 radical (unpaired) electrons. The van der Waals surface area contributed by atoms with Crippen molar-refractivity contribution in [1.29, 1.82) is 0 Å². The fraction of sp³-hybridized carbons (Fsp3) is 0.667. The number of hydrogen-bond acceptors (Lipinski definition) is 2. The highest BCUT2D eigenvalue weighted by molar-refractivity contribution is 5.70. The van der Waals surface area contributed by atoms with E-state index in [1.165, 1.54) is 0 Å². The molecule has 1 aliphatic heterocycles.